The van der Waals surface area contributed by atoms with Crippen molar-refractivity contribution in [3.63, 3.8) is 0 Å². The molecule has 0 bridgehead atoms. The fourth-order valence-corrected chi connectivity index (χ4v) is 2.96. The van der Waals surface area contributed by atoms with Crippen LogP contribution in [0.25, 0.3) is 6.08 Å². The highest BCUT2D eigenvalue weighted by atomic mass is 16.4. The molecule has 0 spiro atoms. The van der Waals surface area contributed by atoms with Gasteiger partial charge in [-0.15, -0.1) is 5.10 Å². The van der Waals surface area contributed by atoms with Gasteiger partial charge >= 0.3 is 6.01 Å². The fraction of sp³-hybridized carbons (Fsp3) is 0.450. The topological polar surface area (TPSA) is 62.5 Å². The normalized spacial score (nSPS) is 15.6. The van der Waals surface area contributed by atoms with E-state index in [4.69, 9.17) is 4.42 Å². The molecule has 6 nitrogen and oxygen atoms in total. The van der Waals surface area contributed by atoms with Gasteiger partial charge in [0.1, 0.15) is 0 Å². The number of amides is 1. The van der Waals surface area contributed by atoms with Gasteiger partial charge in [0.2, 0.25) is 11.8 Å². The van der Waals surface area contributed by atoms with Crippen molar-refractivity contribution in [2.75, 3.05) is 31.1 Å². The van der Waals surface area contributed by atoms with Crippen LogP contribution in [-0.4, -0.2) is 47.2 Å². The average Bonchev–Trinajstić information content (AvgIpc) is 3.17. The van der Waals surface area contributed by atoms with Crippen LogP contribution in [-0.2, 0) is 4.79 Å². The molecule has 138 valence electrons. The van der Waals surface area contributed by atoms with Gasteiger partial charge in [0.15, 0.2) is 0 Å². The minimum absolute atomic E-state index is 0.115. The molecule has 26 heavy (non-hydrogen) atoms. The molecule has 1 aliphatic rings. The number of benzene rings is 1. The van der Waals surface area contributed by atoms with E-state index >= 15 is 0 Å². The first kappa shape index (κ1) is 18.2. The molecule has 0 saturated carbocycles. The van der Waals surface area contributed by atoms with Gasteiger partial charge < -0.3 is 14.2 Å². The molecular formula is C20H26N4O2. The lowest BCUT2D eigenvalue weighted by Gasteiger charge is -2.34. The number of hydrogen-bond acceptors (Lipinski definition) is 5. The summed E-state index contributed by atoms with van der Waals surface area (Å²) in [5, 5.41) is 8.22. The maximum absolute atomic E-state index is 12.9. The quantitative estimate of drug-likeness (QED) is 0.771. The number of carbonyl (C=O) groups excluding carboxylic acids is 1. The zero-order valence-electron chi connectivity index (χ0n) is 15.7. The number of aromatic nitrogens is 2. The SMILES string of the molecule is CC/C(=C\c1ccccc1)C(=O)N1CCN(c2nnc(C(C)C)o2)CC1. The van der Waals surface area contributed by atoms with Crippen LogP contribution in [0.3, 0.4) is 0 Å². The van der Waals surface area contributed by atoms with Crippen molar-refractivity contribution in [2.45, 2.75) is 33.1 Å². The second kappa shape index (κ2) is 8.17. The summed E-state index contributed by atoms with van der Waals surface area (Å²) < 4.78 is 5.72. The van der Waals surface area contributed by atoms with Gasteiger partial charge in [-0.05, 0) is 18.1 Å². The van der Waals surface area contributed by atoms with Crippen molar-refractivity contribution >= 4 is 18.0 Å². The molecular weight excluding hydrogens is 328 g/mol. The third-order valence-corrected chi connectivity index (χ3v) is 4.56. The summed E-state index contributed by atoms with van der Waals surface area (Å²) in [6, 6.07) is 10.5. The number of rotatable bonds is 5. The van der Waals surface area contributed by atoms with Crippen molar-refractivity contribution < 1.29 is 9.21 Å². The van der Waals surface area contributed by atoms with Crippen molar-refractivity contribution in [1.82, 2.24) is 15.1 Å². The zero-order chi connectivity index (χ0) is 18.5. The van der Waals surface area contributed by atoms with E-state index in [1.54, 1.807) is 0 Å². The first-order valence-corrected chi connectivity index (χ1v) is 9.21. The summed E-state index contributed by atoms with van der Waals surface area (Å²) in [5.74, 6) is 0.983. The number of anilines is 1. The van der Waals surface area contributed by atoms with Gasteiger partial charge in [-0.3, -0.25) is 4.79 Å². The Kier molecular flexibility index (Phi) is 5.71. The van der Waals surface area contributed by atoms with Crippen LogP contribution in [0.5, 0.6) is 0 Å². The standard InChI is InChI=1S/C20H26N4O2/c1-4-17(14-16-8-6-5-7-9-16)19(25)23-10-12-24(13-11-23)20-22-21-18(26-20)15(2)3/h5-9,14-15H,4,10-13H2,1-3H3/b17-14+. The van der Waals surface area contributed by atoms with E-state index in [0.717, 1.165) is 17.6 Å². The third kappa shape index (κ3) is 4.12. The van der Waals surface area contributed by atoms with Crippen molar-refractivity contribution in [3.8, 4) is 0 Å². The lowest BCUT2D eigenvalue weighted by atomic mass is 10.1. The molecule has 0 N–H and O–H groups in total. The number of piperazine rings is 1. The van der Waals surface area contributed by atoms with E-state index < -0.39 is 0 Å². The third-order valence-electron chi connectivity index (χ3n) is 4.56. The Hall–Kier alpha value is -2.63. The summed E-state index contributed by atoms with van der Waals surface area (Å²) in [4.78, 5) is 16.8. The van der Waals surface area contributed by atoms with Gasteiger partial charge in [0, 0.05) is 37.7 Å². The number of nitrogens with zero attached hydrogens (tertiary/aromatic N) is 4. The van der Waals surface area contributed by atoms with E-state index in [0.29, 0.717) is 38.1 Å². The van der Waals surface area contributed by atoms with Crippen LogP contribution in [0.1, 0.15) is 44.6 Å². The minimum atomic E-state index is 0.115. The highest BCUT2D eigenvalue weighted by molar-refractivity contribution is 5.97. The van der Waals surface area contributed by atoms with Crippen LogP contribution in [0.2, 0.25) is 0 Å². The van der Waals surface area contributed by atoms with Gasteiger partial charge in [0.05, 0.1) is 0 Å². The van der Waals surface area contributed by atoms with E-state index in [2.05, 4.69) is 15.1 Å². The van der Waals surface area contributed by atoms with Gasteiger partial charge in [-0.25, -0.2) is 0 Å². The number of hydrogen-bond donors (Lipinski definition) is 0. The average molecular weight is 354 g/mol. The lowest BCUT2D eigenvalue weighted by Crippen LogP contribution is -2.49. The van der Waals surface area contributed by atoms with Crippen LogP contribution in [0, 0.1) is 0 Å². The molecule has 1 aromatic heterocycles. The molecule has 1 aromatic carbocycles. The Balaban J connectivity index is 1.63. The van der Waals surface area contributed by atoms with Crippen molar-refractivity contribution in [1.29, 1.82) is 0 Å². The second-order valence-electron chi connectivity index (χ2n) is 6.79. The highest BCUT2D eigenvalue weighted by Gasteiger charge is 2.25. The summed E-state index contributed by atoms with van der Waals surface area (Å²) in [6.45, 7) is 8.80. The molecule has 2 aromatic rings. The largest absolute Gasteiger partial charge is 0.408 e. The van der Waals surface area contributed by atoms with Crippen molar-refractivity contribution in [3.05, 3.63) is 47.4 Å². The highest BCUT2D eigenvalue weighted by Crippen LogP contribution is 2.20. The summed E-state index contributed by atoms with van der Waals surface area (Å²) in [6.07, 6.45) is 2.71. The van der Waals surface area contributed by atoms with E-state index in [9.17, 15) is 4.79 Å². The first-order chi connectivity index (χ1) is 12.6. The molecule has 2 heterocycles. The van der Waals surface area contributed by atoms with Crippen LogP contribution >= 0.6 is 0 Å². The Morgan fingerprint density at radius 3 is 2.42 bits per heavy atom. The maximum Gasteiger partial charge on any atom is 0.318 e. The molecule has 1 amide bonds. The van der Waals surface area contributed by atoms with E-state index in [1.165, 1.54) is 0 Å². The molecule has 0 aliphatic carbocycles. The van der Waals surface area contributed by atoms with Crippen LogP contribution < -0.4 is 4.90 Å². The Morgan fingerprint density at radius 1 is 1.15 bits per heavy atom. The van der Waals surface area contributed by atoms with Crippen LogP contribution in [0.4, 0.5) is 6.01 Å². The molecule has 3 rings (SSSR count). The molecule has 0 unspecified atom stereocenters. The van der Waals surface area contributed by atoms with E-state index in [1.807, 2.05) is 62.1 Å². The monoisotopic (exact) mass is 354 g/mol. The predicted molar refractivity (Wildman–Crippen MR) is 102 cm³/mol. The summed E-state index contributed by atoms with van der Waals surface area (Å²) in [5.41, 5.74) is 1.90. The smallest absolute Gasteiger partial charge is 0.318 e. The fourth-order valence-electron chi connectivity index (χ4n) is 2.96. The lowest BCUT2D eigenvalue weighted by molar-refractivity contribution is -0.127. The molecule has 0 atom stereocenters. The second-order valence-corrected chi connectivity index (χ2v) is 6.79. The van der Waals surface area contributed by atoms with Gasteiger partial charge in [-0.2, -0.15) is 0 Å². The summed E-state index contributed by atoms with van der Waals surface area (Å²) in [7, 11) is 0. The van der Waals surface area contributed by atoms with E-state index in [-0.39, 0.29) is 11.8 Å². The molecule has 1 aliphatic heterocycles. The predicted octanol–water partition coefficient (Wildman–Crippen LogP) is 3.34. The molecule has 1 fully saturated rings. The van der Waals surface area contributed by atoms with Gasteiger partial charge in [-0.1, -0.05) is 56.2 Å². The Morgan fingerprint density at radius 2 is 1.85 bits per heavy atom. The van der Waals surface area contributed by atoms with Gasteiger partial charge in [0.25, 0.3) is 0 Å². The minimum Gasteiger partial charge on any atom is -0.408 e. The Labute approximate surface area is 154 Å². The maximum atomic E-state index is 12.9. The number of carbonyl (C=O) groups is 1. The summed E-state index contributed by atoms with van der Waals surface area (Å²) >= 11 is 0. The molecule has 0 radical (unpaired) electrons. The first-order valence-electron chi connectivity index (χ1n) is 9.21. The molecule has 6 heteroatoms. The van der Waals surface area contributed by atoms with Crippen molar-refractivity contribution in [2.24, 2.45) is 0 Å². The molecule has 1 saturated heterocycles. The van der Waals surface area contributed by atoms with Crippen LogP contribution in [0.15, 0.2) is 40.3 Å². The Bertz CT molecular complexity index is 759. The zero-order valence-corrected chi connectivity index (χ0v) is 15.7.